The number of alkyl halides is 1. The highest BCUT2D eigenvalue weighted by Crippen LogP contribution is 2.43. The van der Waals surface area contributed by atoms with Gasteiger partial charge in [-0.2, -0.15) is 0 Å². The van der Waals surface area contributed by atoms with Crippen molar-refractivity contribution in [1.82, 2.24) is 0 Å². The molecule has 0 aromatic heterocycles. The molecule has 0 saturated carbocycles. The molecule has 1 atom stereocenters. The predicted molar refractivity (Wildman–Crippen MR) is 90.2 cm³/mol. The molecule has 0 N–H and O–H groups in total. The molecular weight excluding hydrogens is 427 g/mol. The van der Waals surface area contributed by atoms with E-state index in [1.165, 1.54) is 0 Å². The van der Waals surface area contributed by atoms with Gasteiger partial charge in [0, 0.05) is 26.0 Å². The zero-order valence-electron chi connectivity index (χ0n) is 10.3. The summed E-state index contributed by atoms with van der Waals surface area (Å²) in [6.45, 7) is 0.688. The normalized spacial score (nSPS) is 14.8. The van der Waals surface area contributed by atoms with Crippen LogP contribution < -0.4 is 4.74 Å². The Hall–Kier alpha value is -0.220. The molecule has 104 valence electrons. The molecule has 2 aromatic rings. The van der Waals surface area contributed by atoms with Crippen LogP contribution in [0.15, 0.2) is 39.3 Å². The van der Waals surface area contributed by atoms with Crippen molar-refractivity contribution in [2.75, 3.05) is 6.61 Å². The van der Waals surface area contributed by atoms with E-state index < -0.39 is 0 Å². The molecule has 1 heterocycles. The van der Waals surface area contributed by atoms with Crippen LogP contribution in [0.3, 0.4) is 0 Å². The van der Waals surface area contributed by atoms with Crippen molar-refractivity contribution in [3.05, 3.63) is 61.0 Å². The third-order valence-corrected chi connectivity index (χ3v) is 5.15. The number of halogens is 4. The average Bonchev–Trinajstić information content (AvgIpc) is 2.85. The molecule has 20 heavy (non-hydrogen) atoms. The highest BCUT2D eigenvalue weighted by Gasteiger charge is 2.24. The summed E-state index contributed by atoms with van der Waals surface area (Å²) in [4.78, 5) is 0. The van der Waals surface area contributed by atoms with E-state index >= 15 is 0 Å². The van der Waals surface area contributed by atoms with E-state index in [1.54, 1.807) is 0 Å². The standard InChI is InChI=1S/C15H10Br2Cl2O/c16-9-1-2-11(13(17)6-9)14(19)12-7-10(18)5-8-3-4-20-15(8)12/h1-2,5-7,14H,3-4H2. The van der Waals surface area contributed by atoms with E-state index in [0.29, 0.717) is 11.6 Å². The van der Waals surface area contributed by atoms with Gasteiger partial charge >= 0.3 is 0 Å². The van der Waals surface area contributed by atoms with Crippen LogP contribution >= 0.6 is 55.1 Å². The number of rotatable bonds is 2. The molecule has 0 radical (unpaired) electrons. The fraction of sp³-hybridized carbons (Fsp3) is 0.200. The van der Waals surface area contributed by atoms with Crippen LogP contribution in [0.1, 0.15) is 22.1 Å². The summed E-state index contributed by atoms with van der Waals surface area (Å²) in [5.41, 5.74) is 3.05. The summed E-state index contributed by atoms with van der Waals surface area (Å²) in [5.74, 6) is 0.879. The van der Waals surface area contributed by atoms with E-state index in [9.17, 15) is 0 Å². The van der Waals surface area contributed by atoms with Crippen molar-refractivity contribution in [2.24, 2.45) is 0 Å². The summed E-state index contributed by atoms with van der Waals surface area (Å²) in [5, 5.41) is 0.395. The second-order valence-corrected chi connectivity index (χ2v) is 7.25. The summed E-state index contributed by atoms with van der Waals surface area (Å²) in [7, 11) is 0. The molecule has 1 nitrogen and oxygen atoms in total. The first kappa shape index (κ1) is 14.7. The van der Waals surface area contributed by atoms with Crippen LogP contribution in [-0.4, -0.2) is 6.61 Å². The van der Waals surface area contributed by atoms with E-state index in [-0.39, 0.29) is 5.38 Å². The van der Waals surface area contributed by atoms with Crippen LogP contribution in [0.25, 0.3) is 0 Å². The van der Waals surface area contributed by atoms with E-state index in [2.05, 4.69) is 31.9 Å². The Balaban J connectivity index is 2.09. The maximum atomic E-state index is 6.66. The van der Waals surface area contributed by atoms with Gasteiger partial charge < -0.3 is 4.74 Å². The Morgan fingerprint density at radius 2 is 1.90 bits per heavy atom. The van der Waals surface area contributed by atoms with Crippen LogP contribution in [0, 0.1) is 0 Å². The van der Waals surface area contributed by atoms with E-state index in [0.717, 1.165) is 37.8 Å². The van der Waals surface area contributed by atoms with E-state index in [1.807, 2.05) is 30.3 Å². The lowest BCUT2D eigenvalue weighted by molar-refractivity contribution is 0.353. The smallest absolute Gasteiger partial charge is 0.127 e. The van der Waals surface area contributed by atoms with Gasteiger partial charge in [0.1, 0.15) is 5.75 Å². The zero-order valence-corrected chi connectivity index (χ0v) is 15.0. The minimum atomic E-state index is -0.303. The van der Waals surface area contributed by atoms with Gasteiger partial charge in [0.25, 0.3) is 0 Å². The third-order valence-electron chi connectivity index (χ3n) is 3.29. The number of benzene rings is 2. The fourth-order valence-electron chi connectivity index (χ4n) is 2.36. The molecule has 0 spiro atoms. The Morgan fingerprint density at radius 1 is 1.10 bits per heavy atom. The van der Waals surface area contributed by atoms with Crippen molar-refractivity contribution in [2.45, 2.75) is 11.8 Å². The van der Waals surface area contributed by atoms with Gasteiger partial charge in [-0.15, -0.1) is 11.6 Å². The summed E-state index contributed by atoms with van der Waals surface area (Å²) in [6, 6.07) is 9.79. The first-order chi connectivity index (χ1) is 9.56. The largest absolute Gasteiger partial charge is 0.493 e. The SMILES string of the molecule is Clc1cc2c(c(C(Cl)c3ccc(Br)cc3Br)c1)OCC2. The van der Waals surface area contributed by atoms with Crippen LogP contribution in [-0.2, 0) is 6.42 Å². The predicted octanol–water partition coefficient (Wildman–Crippen LogP) is 6.13. The van der Waals surface area contributed by atoms with Crippen molar-refractivity contribution in [3.8, 4) is 5.75 Å². The van der Waals surface area contributed by atoms with E-state index in [4.69, 9.17) is 27.9 Å². The van der Waals surface area contributed by atoms with Crippen molar-refractivity contribution < 1.29 is 4.74 Å². The lowest BCUT2D eigenvalue weighted by atomic mass is 10.0. The minimum absolute atomic E-state index is 0.303. The summed E-state index contributed by atoms with van der Waals surface area (Å²) < 4.78 is 7.68. The lowest BCUT2D eigenvalue weighted by Crippen LogP contribution is -1.98. The number of hydrogen-bond acceptors (Lipinski definition) is 1. The van der Waals surface area contributed by atoms with Gasteiger partial charge in [-0.3, -0.25) is 0 Å². The first-order valence-corrected chi connectivity index (χ1v) is 8.50. The molecule has 1 aliphatic rings. The molecule has 1 unspecified atom stereocenters. The molecular formula is C15H10Br2Cl2O. The van der Waals surface area contributed by atoms with Crippen molar-refractivity contribution in [1.29, 1.82) is 0 Å². The Kier molecular flexibility index (Phi) is 4.32. The van der Waals surface area contributed by atoms with Gasteiger partial charge in [-0.05, 0) is 35.4 Å². The first-order valence-electron chi connectivity index (χ1n) is 6.10. The third kappa shape index (κ3) is 2.74. The molecule has 0 saturated heterocycles. The second kappa shape index (κ2) is 5.88. The fourth-order valence-corrected chi connectivity index (χ4v) is 4.37. The monoisotopic (exact) mass is 434 g/mol. The molecule has 0 fully saturated rings. The number of ether oxygens (including phenoxy) is 1. The van der Waals surface area contributed by atoms with Gasteiger partial charge in [0.05, 0.1) is 12.0 Å². The number of fused-ring (bicyclic) bond motifs is 1. The molecule has 0 aliphatic carbocycles. The molecule has 3 rings (SSSR count). The summed E-state index contributed by atoms with van der Waals surface area (Å²) in [6.07, 6.45) is 0.883. The Morgan fingerprint density at radius 3 is 2.65 bits per heavy atom. The van der Waals surface area contributed by atoms with Crippen LogP contribution in [0.4, 0.5) is 0 Å². The maximum absolute atomic E-state index is 6.66. The highest BCUT2D eigenvalue weighted by atomic mass is 79.9. The lowest BCUT2D eigenvalue weighted by Gasteiger charge is -2.16. The zero-order chi connectivity index (χ0) is 14.3. The van der Waals surface area contributed by atoms with Crippen LogP contribution in [0.5, 0.6) is 5.75 Å². The quantitative estimate of drug-likeness (QED) is 0.514. The van der Waals surface area contributed by atoms with Gasteiger partial charge in [0.15, 0.2) is 0 Å². The maximum Gasteiger partial charge on any atom is 0.127 e. The van der Waals surface area contributed by atoms with Crippen LogP contribution in [0.2, 0.25) is 5.02 Å². The van der Waals surface area contributed by atoms with Gasteiger partial charge in [0.2, 0.25) is 0 Å². The minimum Gasteiger partial charge on any atom is -0.493 e. The van der Waals surface area contributed by atoms with Crippen molar-refractivity contribution in [3.63, 3.8) is 0 Å². The Bertz CT molecular complexity index is 673. The molecule has 0 amide bonds. The topological polar surface area (TPSA) is 9.23 Å². The molecule has 2 aromatic carbocycles. The highest BCUT2D eigenvalue weighted by molar-refractivity contribution is 9.11. The van der Waals surface area contributed by atoms with Crippen molar-refractivity contribution >= 4 is 55.1 Å². The molecule has 1 aliphatic heterocycles. The van der Waals surface area contributed by atoms with Gasteiger partial charge in [-0.1, -0.05) is 49.5 Å². The molecule has 5 heteroatoms. The number of hydrogen-bond donors (Lipinski definition) is 0. The Labute approximate surface area is 144 Å². The second-order valence-electron chi connectivity index (χ2n) is 4.61. The average molecular weight is 437 g/mol. The van der Waals surface area contributed by atoms with Gasteiger partial charge in [-0.25, -0.2) is 0 Å². The molecule has 0 bridgehead atoms. The summed E-state index contributed by atoms with van der Waals surface area (Å²) >= 11 is 19.9.